The molecule has 2 aromatic carbocycles. The number of amides is 4. The zero-order valence-corrected chi connectivity index (χ0v) is 18.2. The number of carbonyl (C=O) groups excluding carboxylic acids is 2. The minimum absolute atomic E-state index is 0.0154. The predicted octanol–water partition coefficient (Wildman–Crippen LogP) is 3.35. The lowest BCUT2D eigenvalue weighted by molar-refractivity contribution is 0.242. The van der Waals surface area contributed by atoms with Gasteiger partial charge in [0.1, 0.15) is 5.71 Å². The van der Waals surface area contributed by atoms with Gasteiger partial charge in [-0.1, -0.05) is 30.3 Å². The number of hydrogen-bond donors (Lipinski definition) is 1. The molecule has 1 unspecified atom stereocenters. The number of fused-ring (bicyclic) bond motifs is 1. The molecule has 8 nitrogen and oxygen atoms in total. The fraction of sp³-hybridized carbons (Fsp3) is 0.273. The summed E-state index contributed by atoms with van der Waals surface area (Å²) in [5.41, 5.74) is 1.96. The van der Waals surface area contributed by atoms with E-state index in [9.17, 15) is 18.0 Å². The molecule has 0 aliphatic carbocycles. The fourth-order valence-electron chi connectivity index (χ4n) is 3.79. The van der Waals surface area contributed by atoms with E-state index in [1.807, 2.05) is 20.8 Å². The summed E-state index contributed by atoms with van der Waals surface area (Å²) >= 11 is 0. The Morgan fingerprint density at radius 2 is 1.84 bits per heavy atom. The maximum absolute atomic E-state index is 13.3. The second-order valence-electron chi connectivity index (χ2n) is 7.85. The number of carbonyl (C=O) groups is 2. The second kappa shape index (κ2) is 7.73. The number of rotatable bonds is 3. The average Bonchev–Trinajstić information content (AvgIpc) is 3.27. The van der Waals surface area contributed by atoms with Crippen LogP contribution in [0.4, 0.5) is 15.3 Å². The first-order valence-corrected chi connectivity index (χ1v) is 11.4. The smallest absolute Gasteiger partial charge is 0.336 e. The van der Waals surface area contributed by atoms with Crippen molar-refractivity contribution in [1.82, 2.24) is 5.32 Å². The standard InChI is InChI=1S/C22H22N4O4S/c1-13(2)23-22(28)26-14(3)11-16-12-17(9-10-18(16)26)31(29,30)20-19(24-21(27)25-20)15-7-5-4-6-8-15/h4-10,12-14H,11H2,1-3H3,(H,23,28). The van der Waals surface area contributed by atoms with Gasteiger partial charge < -0.3 is 5.32 Å². The van der Waals surface area contributed by atoms with E-state index in [-0.39, 0.29) is 33.8 Å². The molecule has 0 saturated carbocycles. The Labute approximate surface area is 180 Å². The highest BCUT2D eigenvalue weighted by molar-refractivity contribution is 8.08. The van der Waals surface area contributed by atoms with Crippen LogP contribution < -0.4 is 10.2 Å². The van der Waals surface area contributed by atoms with E-state index in [0.29, 0.717) is 17.7 Å². The molecule has 31 heavy (non-hydrogen) atoms. The van der Waals surface area contributed by atoms with Gasteiger partial charge in [0.25, 0.3) is 0 Å². The molecule has 4 rings (SSSR count). The van der Waals surface area contributed by atoms with Crippen molar-refractivity contribution < 1.29 is 18.0 Å². The highest BCUT2D eigenvalue weighted by atomic mass is 32.2. The number of urea groups is 2. The summed E-state index contributed by atoms with van der Waals surface area (Å²) in [5.74, 6) is 0. The van der Waals surface area contributed by atoms with Crippen molar-refractivity contribution in [1.29, 1.82) is 0 Å². The normalized spacial score (nSPS) is 18.1. The lowest BCUT2D eigenvalue weighted by Gasteiger charge is -2.24. The van der Waals surface area contributed by atoms with Gasteiger partial charge in [-0.3, -0.25) is 4.90 Å². The van der Waals surface area contributed by atoms with Crippen molar-refractivity contribution in [2.45, 2.75) is 44.2 Å². The molecule has 0 aromatic heterocycles. The first-order chi connectivity index (χ1) is 14.7. The quantitative estimate of drug-likeness (QED) is 0.793. The molecule has 9 heteroatoms. The first-order valence-electron chi connectivity index (χ1n) is 9.93. The molecular formula is C22H22N4O4S. The van der Waals surface area contributed by atoms with Crippen molar-refractivity contribution >= 4 is 38.3 Å². The van der Waals surface area contributed by atoms with Crippen molar-refractivity contribution in [3.8, 4) is 0 Å². The third-order valence-electron chi connectivity index (χ3n) is 5.12. The Balaban J connectivity index is 1.71. The molecule has 1 atom stereocenters. The number of aliphatic imine (C=N–C) groups is 2. The van der Waals surface area contributed by atoms with E-state index < -0.39 is 15.9 Å². The third-order valence-corrected chi connectivity index (χ3v) is 6.79. The van der Waals surface area contributed by atoms with Gasteiger partial charge in [0.15, 0.2) is 5.04 Å². The van der Waals surface area contributed by atoms with Crippen LogP contribution in [0.5, 0.6) is 0 Å². The van der Waals surface area contributed by atoms with Crippen molar-refractivity contribution in [3.63, 3.8) is 0 Å². The summed E-state index contributed by atoms with van der Waals surface area (Å²) in [6.45, 7) is 5.67. The van der Waals surface area contributed by atoms with E-state index in [2.05, 4.69) is 15.3 Å². The molecule has 0 bridgehead atoms. The number of nitrogens with one attached hydrogen (secondary N) is 1. The molecule has 2 heterocycles. The molecule has 2 aromatic rings. The topological polar surface area (TPSA) is 108 Å². The molecule has 2 aliphatic heterocycles. The lowest BCUT2D eigenvalue weighted by atomic mass is 10.1. The van der Waals surface area contributed by atoms with Crippen LogP contribution in [-0.2, 0) is 16.3 Å². The molecular weight excluding hydrogens is 416 g/mol. The van der Waals surface area contributed by atoms with Crippen LogP contribution in [0.3, 0.4) is 0 Å². The summed E-state index contributed by atoms with van der Waals surface area (Å²) in [4.78, 5) is 33.6. The van der Waals surface area contributed by atoms with Gasteiger partial charge in [-0.05, 0) is 51.0 Å². The Kier molecular flexibility index (Phi) is 5.22. The minimum atomic E-state index is -4.09. The number of hydrogen-bond acceptors (Lipinski definition) is 4. The largest absolute Gasteiger partial charge is 0.369 e. The number of nitrogens with zero attached hydrogens (tertiary/aromatic N) is 3. The maximum atomic E-state index is 13.3. The Morgan fingerprint density at radius 1 is 1.13 bits per heavy atom. The van der Waals surface area contributed by atoms with Gasteiger partial charge in [-0.15, -0.1) is 0 Å². The van der Waals surface area contributed by atoms with Gasteiger partial charge in [-0.2, -0.15) is 9.98 Å². The van der Waals surface area contributed by atoms with E-state index in [1.54, 1.807) is 47.4 Å². The van der Waals surface area contributed by atoms with Crippen LogP contribution in [-0.4, -0.2) is 43.3 Å². The van der Waals surface area contributed by atoms with E-state index >= 15 is 0 Å². The molecule has 1 N–H and O–H groups in total. The first kappa shape index (κ1) is 20.9. The molecule has 0 spiro atoms. The number of benzene rings is 2. The van der Waals surface area contributed by atoms with Crippen LogP contribution in [0.15, 0.2) is 63.4 Å². The molecule has 0 fully saturated rings. The van der Waals surface area contributed by atoms with Crippen LogP contribution >= 0.6 is 0 Å². The summed E-state index contributed by atoms with van der Waals surface area (Å²) in [6.07, 6.45) is 0.523. The number of sulfone groups is 1. The van der Waals surface area contributed by atoms with Gasteiger partial charge in [0, 0.05) is 23.3 Å². The highest BCUT2D eigenvalue weighted by Crippen LogP contribution is 2.34. The lowest BCUT2D eigenvalue weighted by Crippen LogP contribution is -2.45. The summed E-state index contributed by atoms with van der Waals surface area (Å²) in [7, 11) is -4.09. The third kappa shape index (κ3) is 3.76. The van der Waals surface area contributed by atoms with Crippen molar-refractivity contribution in [3.05, 3.63) is 59.7 Å². The monoisotopic (exact) mass is 438 g/mol. The molecule has 0 radical (unpaired) electrons. The van der Waals surface area contributed by atoms with E-state index in [1.165, 1.54) is 6.07 Å². The van der Waals surface area contributed by atoms with Crippen LogP contribution in [0.1, 0.15) is 31.9 Å². The summed E-state index contributed by atoms with van der Waals surface area (Å²) < 4.78 is 26.7. The molecule has 2 aliphatic rings. The van der Waals surface area contributed by atoms with Gasteiger partial charge in [-0.25, -0.2) is 18.0 Å². The summed E-state index contributed by atoms with van der Waals surface area (Å²) in [5, 5.41) is 2.51. The predicted molar refractivity (Wildman–Crippen MR) is 119 cm³/mol. The Morgan fingerprint density at radius 3 is 2.52 bits per heavy atom. The number of anilines is 1. The fourth-order valence-corrected chi connectivity index (χ4v) is 5.18. The van der Waals surface area contributed by atoms with Gasteiger partial charge in [0.2, 0.25) is 9.84 Å². The summed E-state index contributed by atoms with van der Waals surface area (Å²) in [6, 6.07) is 12.0. The van der Waals surface area contributed by atoms with Crippen molar-refractivity contribution in [2.75, 3.05) is 4.90 Å². The van der Waals surface area contributed by atoms with Gasteiger partial charge >= 0.3 is 12.1 Å². The van der Waals surface area contributed by atoms with E-state index in [0.717, 1.165) is 5.56 Å². The minimum Gasteiger partial charge on any atom is -0.336 e. The van der Waals surface area contributed by atoms with Crippen LogP contribution in [0.25, 0.3) is 0 Å². The Bertz CT molecular complexity index is 1230. The molecule has 4 amide bonds. The van der Waals surface area contributed by atoms with Gasteiger partial charge in [0.05, 0.1) is 4.90 Å². The van der Waals surface area contributed by atoms with E-state index in [4.69, 9.17) is 0 Å². The average molecular weight is 439 g/mol. The second-order valence-corrected chi connectivity index (χ2v) is 9.71. The van der Waals surface area contributed by atoms with Crippen LogP contribution in [0, 0.1) is 0 Å². The highest BCUT2D eigenvalue weighted by Gasteiger charge is 2.36. The maximum Gasteiger partial charge on any atom is 0.369 e. The zero-order chi connectivity index (χ0) is 22.3. The zero-order valence-electron chi connectivity index (χ0n) is 17.4. The molecule has 160 valence electrons. The SMILES string of the molecule is CC(C)NC(=O)N1c2ccc(S(=O)(=O)C3=NC(=O)N=C3c3ccccc3)cc2CC1C. The van der Waals surface area contributed by atoms with Crippen molar-refractivity contribution in [2.24, 2.45) is 9.98 Å². The van der Waals surface area contributed by atoms with Crippen LogP contribution in [0.2, 0.25) is 0 Å². The molecule has 0 saturated heterocycles. The Hall–Kier alpha value is -3.33.